The summed E-state index contributed by atoms with van der Waals surface area (Å²) in [5, 5.41) is 6.07. The molecule has 27 heavy (non-hydrogen) atoms. The van der Waals surface area contributed by atoms with Crippen molar-refractivity contribution < 1.29 is 18.0 Å². The highest BCUT2D eigenvalue weighted by molar-refractivity contribution is 7.89. The minimum atomic E-state index is -3.20. The fourth-order valence-electron chi connectivity index (χ4n) is 4.03. The topological polar surface area (TPSA) is 95.6 Å². The molecule has 0 unspecified atom stereocenters. The predicted molar refractivity (Wildman–Crippen MR) is 106 cm³/mol. The first-order valence-electron chi connectivity index (χ1n) is 10.4. The summed E-state index contributed by atoms with van der Waals surface area (Å²) in [4.78, 5) is 25.7. The van der Waals surface area contributed by atoms with Crippen molar-refractivity contribution in [2.24, 2.45) is 5.92 Å². The number of amides is 2. The van der Waals surface area contributed by atoms with E-state index in [0.717, 1.165) is 32.1 Å². The van der Waals surface area contributed by atoms with Gasteiger partial charge in [-0.05, 0) is 39.0 Å². The van der Waals surface area contributed by atoms with Crippen LogP contribution in [0.5, 0.6) is 0 Å². The van der Waals surface area contributed by atoms with Gasteiger partial charge in [-0.3, -0.25) is 9.59 Å². The number of carbonyl (C=O) groups is 2. The highest BCUT2D eigenvalue weighted by atomic mass is 32.2. The second-order valence-corrected chi connectivity index (χ2v) is 10.1. The maximum absolute atomic E-state index is 12.9. The minimum absolute atomic E-state index is 0.0602. The lowest BCUT2D eigenvalue weighted by Gasteiger charge is -2.38. The van der Waals surface area contributed by atoms with E-state index in [2.05, 4.69) is 17.6 Å². The van der Waals surface area contributed by atoms with Gasteiger partial charge in [-0.1, -0.05) is 32.6 Å². The lowest BCUT2D eigenvalue weighted by Crippen LogP contribution is -2.61. The Balaban J connectivity index is 1.97. The summed E-state index contributed by atoms with van der Waals surface area (Å²) in [7, 11) is -3.20. The number of hydrogen-bond acceptors (Lipinski definition) is 4. The fraction of sp³-hybridized carbons (Fsp3) is 0.895. The van der Waals surface area contributed by atoms with Crippen molar-refractivity contribution in [3.63, 3.8) is 0 Å². The zero-order valence-electron chi connectivity index (χ0n) is 16.8. The fourth-order valence-corrected chi connectivity index (χ4v) is 5.16. The number of rotatable bonds is 8. The van der Waals surface area contributed by atoms with Crippen LogP contribution in [0.3, 0.4) is 0 Å². The van der Waals surface area contributed by atoms with Gasteiger partial charge in [-0.25, -0.2) is 12.7 Å². The van der Waals surface area contributed by atoms with Gasteiger partial charge in [0, 0.05) is 25.6 Å². The lowest BCUT2D eigenvalue weighted by molar-refractivity contribution is -0.137. The quantitative estimate of drug-likeness (QED) is 0.606. The molecule has 156 valence electrons. The van der Waals surface area contributed by atoms with Crippen LogP contribution in [0.25, 0.3) is 0 Å². The second-order valence-electron chi connectivity index (χ2n) is 7.82. The molecule has 2 amide bonds. The monoisotopic (exact) mass is 401 g/mol. The van der Waals surface area contributed by atoms with Gasteiger partial charge in [0.2, 0.25) is 21.8 Å². The third-order valence-corrected chi connectivity index (χ3v) is 7.78. The normalized spacial score (nSPS) is 21.6. The lowest BCUT2D eigenvalue weighted by atomic mass is 9.80. The van der Waals surface area contributed by atoms with Crippen molar-refractivity contribution in [1.82, 2.24) is 14.9 Å². The summed E-state index contributed by atoms with van der Waals surface area (Å²) in [6.45, 7) is 5.11. The molecule has 1 aliphatic heterocycles. The second kappa shape index (κ2) is 9.87. The average molecular weight is 402 g/mol. The molecule has 1 heterocycles. The average Bonchev–Trinajstić information content (AvgIpc) is 2.68. The number of nitrogens with zero attached hydrogens (tertiary/aromatic N) is 1. The molecule has 7 nitrogen and oxygen atoms in total. The van der Waals surface area contributed by atoms with E-state index in [9.17, 15) is 18.0 Å². The Labute approximate surface area is 163 Å². The highest BCUT2D eigenvalue weighted by Crippen LogP contribution is 2.30. The van der Waals surface area contributed by atoms with Crippen LogP contribution in [0.15, 0.2) is 0 Å². The molecule has 0 aromatic rings. The number of unbranched alkanes of at least 4 members (excludes halogenated alkanes) is 1. The minimum Gasteiger partial charge on any atom is -0.354 e. The number of hydrogen-bond donors (Lipinski definition) is 2. The van der Waals surface area contributed by atoms with E-state index in [1.165, 1.54) is 4.31 Å². The van der Waals surface area contributed by atoms with Crippen molar-refractivity contribution in [2.75, 3.05) is 25.4 Å². The smallest absolute Gasteiger partial charge is 0.245 e. The number of piperidine rings is 1. The van der Waals surface area contributed by atoms with Crippen molar-refractivity contribution in [2.45, 2.75) is 77.2 Å². The van der Waals surface area contributed by atoms with E-state index in [-0.39, 0.29) is 23.5 Å². The van der Waals surface area contributed by atoms with Gasteiger partial charge in [0.25, 0.3) is 0 Å². The summed E-state index contributed by atoms with van der Waals surface area (Å²) < 4.78 is 25.4. The third kappa shape index (κ3) is 5.67. The van der Waals surface area contributed by atoms with E-state index in [0.29, 0.717) is 45.3 Å². The zero-order chi connectivity index (χ0) is 19.9. The van der Waals surface area contributed by atoms with Crippen molar-refractivity contribution in [1.29, 1.82) is 0 Å². The van der Waals surface area contributed by atoms with Crippen LogP contribution < -0.4 is 10.6 Å². The Kier molecular flexibility index (Phi) is 8.09. The molecule has 1 aliphatic carbocycles. The van der Waals surface area contributed by atoms with Gasteiger partial charge in [0.1, 0.15) is 5.54 Å². The van der Waals surface area contributed by atoms with Crippen molar-refractivity contribution in [3.05, 3.63) is 0 Å². The van der Waals surface area contributed by atoms with Gasteiger partial charge < -0.3 is 10.6 Å². The molecule has 0 aromatic heterocycles. The van der Waals surface area contributed by atoms with E-state index < -0.39 is 15.6 Å². The van der Waals surface area contributed by atoms with Crippen molar-refractivity contribution >= 4 is 21.8 Å². The summed E-state index contributed by atoms with van der Waals surface area (Å²) in [5.41, 5.74) is -0.796. The molecule has 2 fully saturated rings. The molecule has 0 aromatic carbocycles. The summed E-state index contributed by atoms with van der Waals surface area (Å²) >= 11 is 0. The predicted octanol–water partition coefficient (Wildman–Crippen LogP) is 1.78. The van der Waals surface area contributed by atoms with E-state index in [4.69, 9.17) is 0 Å². The van der Waals surface area contributed by atoms with Gasteiger partial charge >= 0.3 is 0 Å². The van der Waals surface area contributed by atoms with Crippen LogP contribution in [0.1, 0.15) is 71.6 Å². The largest absolute Gasteiger partial charge is 0.354 e. The molecule has 0 atom stereocenters. The maximum Gasteiger partial charge on any atom is 0.245 e. The molecule has 0 bridgehead atoms. The molecule has 1 saturated heterocycles. The third-order valence-electron chi connectivity index (χ3n) is 5.90. The Hall–Kier alpha value is -1.15. The Morgan fingerprint density at radius 1 is 1.07 bits per heavy atom. The number of sulfonamides is 1. The van der Waals surface area contributed by atoms with Gasteiger partial charge in [0.05, 0.1) is 5.75 Å². The zero-order valence-corrected chi connectivity index (χ0v) is 17.6. The number of carbonyl (C=O) groups excluding carboxylic acids is 2. The van der Waals surface area contributed by atoms with E-state index in [1.54, 1.807) is 6.92 Å². The molecule has 0 spiro atoms. The van der Waals surface area contributed by atoms with E-state index in [1.807, 2.05) is 0 Å². The molecule has 2 rings (SSSR count). The standard InChI is InChI=1S/C19H35N3O4S/c1-3-5-13-20-18(24)19(11-7-6-8-12-19)21-17(23)16-9-14-22(15-10-16)27(25,26)4-2/h16H,3-15H2,1-2H3,(H,20,24)(H,21,23). The van der Waals surface area contributed by atoms with Crippen LogP contribution in [0, 0.1) is 5.92 Å². The Morgan fingerprint density at radius 2 is 1.70 bits per heavy atom. The SMILES string of the molecule is CCCCNC(=O)C1(NC(=O)C2CCN(S(=O)(=O)CC)CC2)CCCCC1. The first-order valence-corrected chi connectivity index (χ1v) is 12.0. The first kappa shape index (κ1) is 22.1. The first-order chi connectivity index (χ1) is 12.8. The van der Waals surface area contributed by atoms with Gasteiger partial charge in [-0.2, -0.15) is 0 Å². The van der Waals surface area contributed by atoms with Crippen molar-refractivity contribution in [3.8, 4) is 0 Å². The summed E-state index contributed by atoms with van der Waals surface area (Å²) in [6, 6.07) is 0. The van der Waals surface area contributed by atoms with Crippen LogP contribution in [-0.4, -0.2) is 55.5 Å². The summed E-state index contributed by atoms with van der Waals surface area (Å²) in [5.74, 6) is -0.299. The molecule has 2 aliphatic rings. The van der Waals surface area contributed by atoms with Gasteiger partial charge in [-0.15, -0.1) is 0 Å². The molecular weight excluding hydrogens is 366 g/mol. The van der Waals surface area contributed by atoms with Crippen LogP contribution >= 0.6 is 0 Å². The Morgan fingerprint density at radius 3 is 2.26 bits per heavy atom. The van der Waals surface area contributed by atoms with Crippen LogP contribution in [0.2, 0.25) is 0 Å². The van der Waals surface area contributed by atoms with Gasteiger partial charge in [0.15, 0.2) is 0 Å². The molecular formula is C19H35N3O4S. The van der Waals surface area contributed by atoms with Crippen LogP contribution in [0.4, 0.5) is 0 Å². The summed E-state index contributed by atoms with van der Waals surface area (Å²) in [6.07, 6.45) is 7.30. The Bertz CT molecular complexity index is 606. The molecule has 8 heteroatoms. The maximum atomic E-state index is 12.9. The van der Waals surface area contributed by atoms with Crippen LogP contribution in [-0.2, 0) is 19.6 Å². The highest BCUT2D eigenvalue weighted by Gasteiger charge is 2.42. The molecule has 2 N–H and O–H groups in total. The number of nitrogens with one attached hydrogen (secondary N) is 2. The molecule has 1 saturated carbocycles. The molecule has 0 radical (unpaired) electrons. The van der Waals surface area contributed by atoms with E-state index >= 15 is 0 Å².